The highest BCUT2D eigenvalue weighted by Gasteiger charge is 2.17. The summed E-state index contributed by atoms with van der Waals surface area (Å²) in [4.78, 5) is 12.9. The lowest BCUT2D eigenvalue weighted by molar-refractivity contribution is 0.476. The van der Waals surface area contributed by atoms with Crippen LogP contribution in [0.2, 0.25) is 0 Å². The van der Waals surface area contributed by atoms with Gasteiger partial charge in [-0.25, -0.2) is 26.8 Å². The van der Waals surface area contributed by atoms with Crippen LogP contribution < -0.4 is 9.86 Å². The summed E-state index contributed by atoms with van der Waals surface area (Å²) in [7, 11) is -8.11. The molecule has 0 radical (unpaired) electrons. The minimum atomic E-state index is -4.12. The highest BCUT2D eigenvalue weighted by Crippen LogP contribution is 2.29. The highest BCUT2D eigenvalue weighted by atomic mass is 32.2. The van der Waals surface area contributed by atoms with E-state index in [2.05, 4.69) is 9.71 Å². The number of carbonyl (C=O) groups excluding carboxylic acids is 1. The number of anilines is 1. The fourth-order valence-electron chi connectivity index (χ4n) is 1.76. The van der Waals surface area contributed by atoms with E-state index in [4.69, 9.17) is 5.14 Å². The Labute approximate surface area is 137 Å². The molecule has 126 valence electrons. The van der Waals surface area contributed by atoms with Gasteiger partial charge in [0.05, 0.1) is 15.5 Å². The van der Waals surface area contributed by atoms with Crippen LogP contribution in [0.1, 0.15) is 0 Å². The molecule has 2 aromatic rings. The molecule has 0 fully saturated rings. The summed E-state index contributed by atoms with van der Waals surface area (Å²) in [6, 6.07) is 8.01. The van der Waals surface area contributed by atoms with Gasteiger partial charge in [0.2, 0.25) is 16.1 Å². The molecule has 4 N–H and O–H groups in total. The summed E-state index contributed by atoms with van der Waals surface area (Å²) in [5.74, 6) is -0.395. The Bertz CT molecular complexity index is 1040. The van der Waals surface area contributed by atoms with E-state index >= 15 is 0 Å². The molecule has 0 aliphatic heterocycles. The second-order valence-corrected chi connectivity index (χ2v) is 7.78. The molecule has 0 saturated carbocycles. The Morgan fingerprint density at radius 3 is 2.38 bits per heavy atom. The molecule has 0 aromatic heterocycles. The van der Waals surface area contributed by atoms with Crippen molar-refractivity contribution < 1.29 is 26.7 Å². The standard InChI is InChI=1S/C13H11N3O6S2/c14-23(19,20)10-3-1-2-9(6-10)16-24(21,22)11-4-5-13(18)12(7-11)15-8-17/h1-7,16,18H,(H2,14,19,20). The van der Waals surface area contributed by atoms with Crippen molar-refractivity contribution in [2.45, 2.75) is 9.79 Å². The molecule has 9 nitrogen and oxygen atoms in total. The van der Waals surface area contributed by atoms with Crippen molar-refractivity contribution in [3.8, 4) is 5.75 Å². The molecule has 2 rings (SSSR count). The molecule has 0 atom stereocenters. The number of nitrogens with one attached hydrogen (secondary N) is 1. The Morgan fingerprint density at radius 1 is 1.04 bits per heavy atom. The maximum atomic E-state index is 12.3. The van der Waals surface area contributed by atoms with Crippen LogP contribution in [0.25, 0.3) is 0 Å². The third kappa shape index (κ3) is 3.97. The second-order valence-electron chi connectivity index (χ2n) is 4.53. The fraction of sp³-hybridized carbons (Fsp3) is 0. The number of hydrogen-bond donors (Lipinski definition) is 3. The molecule has 0 saturated heterocycles. The van der Waals surface area contributed by atoms with Gasteiger partial charge in [-0.2, -0.15) is 4.99 Å². The summed E-state index contributed by atoms with van der Waals surface area (Å²) >= 11 is 0. The monoisotopic (exact) mass is 369 g/mol. The van der Waals surface area contributed by atoms with Crippen molar-refractivity contribution in [1.29, 1.82) is 0 Å². The van der Waals surface area contributed by atoms with Crippen molar-refractivity contribution in [3.63, 3.8) is 0 Å². The smallest absolute Gasteiger partial charge is 0.261 e. The lowest BCUT2D eigenvalue weighted by Gasteiger charge is -2.10. The van der Waals surface area contributed by atoms with Gasteiger partial charge in [0, 0.05) is 0 Å². The van der Waals surface area contributed by atoms with Crippen molar-refractivity contribution >= 4 is 37.5 Å². The quantitative estimate of drug-likeness (QED) is 0.523. The van der Waals surface area contributed by atoms with Gasteiger partial charge in [-0.05, 0) is 36.4 Å². The van der Waals surface area contributed by atoms with Gasteiger partial charge < -0.3 is 5.11 Å². The molecule has 0 bridgehead atoms. The number of nitrogens with two attached hydrogens (primary N) is 1. The minimum Gasteiger partial charge on any atom is -0.506 e. The SMILES string of the molecule is NS(=O)(=O)c1cccc(NS(=O)(=O)c2ccc(O)c(N=C=O)c2)c1. The number of phenolic OH excluding ortho intramolecular Hbond substituents is 1. The Morgan fingerprint density at radius 2 is 1.75 bits per heavy atom. The normalized spacial score (nSPS) is 11.5. The lowest BCUT2D eigenvalue weighted by atomic mass is 10.3. The van der Waals surface area contributed by atoms with Crippen LogP contribution in [0.15, 0.2) is 57.2 Å². The predicted molar refractivity (Wildman–Crippen MR) is 84.5 cm³/mol. The number of isocyanates is 1. The lowest BCUT2D eigenvalue weighted by Crippen LogP contribution is -2.15. The van der Waals surface area contributed by atoms with Crippen LogP contribution in [0, 0.1) is 0 Å². The van der Waals surface area contributed by atoms with Gasteiger partial charge in [-0.3, -0.25) is 4.72 Å². The van der Waals surface area contributed by atoms with Crippen molar-refractivity contribution in [2.75, 3.05) is 4.72 Å². The molecule has 0 aliphatic rings. The van der Waals surface area contributed by atoms with E-state index in [1.165, 1.54) is 24.3 Å². The van der Waals surface area contributed by atoms with Crippen LogP contribution in [0.3, 0.4) is 0 Å². The van der Waals surface area contributed by atoms with E-state index in [0.29, 0.717) is 0 Å². The Kier molecular flexibility index (Phi) is 4.71. The zero-order chi connectivity index (χ0) is 18.0. The largest absolute Gasteiger partial charge is 0.506 e. The number of hydrogen-bond acceptors (Lipinski definition) is 7. The van der Waals surface area contributed by atoms with E-state index < -0.39 is 25.8 Å². The molecular weight excluding hydrogens is 358 g/mol. The first-order chi connectivity index (χ1) is 11.1. The first-order valence-corrected chi connectivity index (χ1v) is 9.23. The maximum Gasteiger partial charge on any atom is 0.261 e. The van der Waals surface area contributed by atoms with Gasteiger partial charge >= 0.3 is 0 Å². The van der Waals surface area contributed by atoms with Gasteiger partial charge in [0.15, 0.2) is 0 Å². The maximum absolute atomic E-state index is 12.3. The summed E-state index contributed by atoms with van der Waals surface area (Å²) in [6.45, 7) is 0. The first-order valence-electron chi connectivity index (χ1n) is 6.20. The number of phenols is 1. The number of rotatable bonds is 5. The number of aliphatic imine (C=N–C) groups is 1. The topological polar surface area (TPSA) is 156 Å². The summed E-state index contributed by atoms with van der Waals surface area (Å²) in [6.07, 6.45) is 1.20. The van der Waals surface area contributed by atoms with Crippen molar-refractivity contribution in [2.24, 2.45) is 10.1 Å². The molecule has 0 spiro atoms. The zero-order valence-electron chi connectivity index (χ0n) is 11.9. The summed E-state index contributed by atoms with van der Waals surface area (Å²) in [5.41, 5.74) is -0.304. The number of aromatic hydroxyl groups is 1. The van der Waals surface area contributed by atoms with Gasteiger partial charge in [-0.15, -0.1) is 0 Å². The average molecular weight is 369 g/mol. The number of sulfonamides is 2. The highest BCUT2D eigenvalue weighted by molar-refractivity contribution is 7.92. The van der Waals surface area contributed by atoms with E-state index in [-0.39, 0.29) is 21.2 Å². The molecule has 2 aromatic carbocycles. The van der Waals surface area contributed by atoms with Gasteiger partial charge in [0.25, 0.3) is 10.0 Å². The Hall–Kier alpha value is -2.72. The van der Waals surface area contributed by atoms with E-state index in [0.717, 1.165) is 24.3 Å². The van der Waals surface area contributed by atoms with Crippen LogP contribution in [-0.2, 0) is 24.8 Å². The van der Waals surface area contributed by atoms with Gasteiger partial charge in [0.1, 0.15) is 11.4 Å². The van der Waals surface area contributed by atoms with Crippen molar-refractivity contribution in [1.82, 2.24) is 0 Å². The number of benzene rings is 2. The molecule has 0 aliphatic carbocycles. The number of primary sulfonamides is 1. The molecule has 11 heteroatoms. The second kappa shape index (κ2) is 6.42. The molecule has 0 amide bonds. The van der Waals surface area contributed by atoms with Gasteiger partial charge in [-0.1, -0.05) is 6.07 Å². The van der Waals surface area contributed by atoms with Crippen LogP contribution in [0.4, 0.5) is 11.4 Å². The molecular formula is C13H11N3O6S2. The average Bonchev–Trinajstić information content (AvgIpc) is 2.48. The zero-order valence-corrected chi connectivity index (χ0v) is 13.5. The molecule has 0 heterocycles. The number of nitrogens with zero attached hydrogens (tertiary/aromatic N) is 1. The summed E-state index contributed by atoms with van der Waals surface area (Å²) in [5, 5.41) is 14.5. The van der Waals surface area contributed by atoms with Crippen LogP contribution >= 0.6 is 0 Å². The minimum absolute atomic E-state index is 0.0324. The summed E-state index contributed by atoms with van der Waals surface area (Å²) < 4.78 is 49.4. The third-order valence-electron chi connectivity index (χ3n) is 2.84. The van der Waals surface area contributed by atoms with E-state index in [1.54, 1.807) is 0 Å². The van der Waals surface area contributed by atoms with Crippen molar-refractivity contribution in [3.05, 3.63) is 42.5 Å². The molecule has 0 unspecified atom stereocenters. The first kappa shape index (κ1) is 17.6. The van der Waals surface area contributed by atoms with E-state index in [1.807, 2.05) is 0 Å². The molecule has 24 heavy (non-hydrogen) atoms. The predicted octanol–water partition coefficient (Wildman–Crippen LogP) is 0.808. The van der Waals surface area contributed by atoms with E-state index in [9.17, 15) is 26.7 Å². The Balaban J connectivity index is 2.43. The van der Waals surface area contributed by atoms with Crippen LogP contribution in [-0.4, -0.2) is 28.0 Å². The fourth-order valence-corrected chi connectivity index (χ4v) is 3.39. The third-order valence-corrected chi connectivity index (χ3v) is 5.13. The van der Waals surface area contributed by atoms with Crippen LogP contribution in [0.5, 0.6) is 5.75 Å².